The van der Waals surface area contributed by atoms with Crippen LogP contribution in [-0.2, 0) is 16.0 Å². The van der Waals surface area contributed by atoms with Gasteiger partial charge in [-0.25, -0.2) is 4.39 Å². The van der Waals surface area contributed by atoms with E-state index in [1.54, 1.807) is 19.1 Å². The van der Waals surface area contributed by atoms with Crippen molar-refractivity contribution in [3.8, 4) is 0 Å². The van der Waals surface area contributed by atoms with Crippen molar-refractivity contribution in [1.82, 2.24) is 4.98 Å². The smallest absolute Gasteiger partial charge is 0.323 e. The van der Waals surface area contributed by atoms with Gasteiger partial charge in [0.2, 0.25) is 0 Å². The predicted molar refractivity (Wildman–Crippen MR) is 66.6 cm³/mol. The quantitative estimate of drug-likeness (QED) is 0.812. The highest BCUT2D eigenvalue weighted by Gasteiger charge is 2.16. The van der Waals surface area contributed by atoms with E-state index in [-0.39, 0.29) is 5.82 Å². The van der Waals surface area contributed by atoms with Gasteiger partial charge in [-0.2, -0.15) is 0 Å². The Bertz CT molecular complexity index is 565. The molecule has 1 unspecified atom stereocenters. The summed E-state index contributed by atoms with van der Waals surface area (Å²) >= 11 is 0. The first-order valence-corrected chi connectivity index (χ1v) is 5.79. The summed E-state index contributed by atoms with van der Waals surface area (Å²) < 4.78 is 17.9. The van der Waals surface area contributed by atoms with E-state index < -0.39 is 12.0 Å². The lowest BCUT2D eigenvalue weighted by atomic mass is 10.1. The molecular weight excluding hydrogens is 235 g/mol. The average molecular weight is 250 g/mol. The maximum Gasteiger partial charge on any atom is 0.323 e. The molecule has 3 N–H and O–H groups in total. The molecule has 5 heteroatoms. The summed E-state index contributed by atoms with van der Waals surface area (Å²) in [4.78, 5) is 14.5. The van der Waals surface area contributed by atoms with Crippen LogP contribution in [0.1, 0.15) is 12.6 Å². The van der Waals surface area contributed by atoms with E-state index in [1.165, 1.54) is 12.1 Å². The van der Waals surface area contributed by atoms with Crippen molar-refractivity contribution in [2.24, 2.45) is 5.73 Å². The number of ether oxygens (including phenoxy) is 1. The van der Waals surface area contributed by atoms with Gasteiger partial charge in [0.25, 0.3) is 0 Å². The third kappa shape index (κ3) is 2.68. The normalized spacial score (nSPS) is 12.6. The van der Waals surface area contributed by atoms with Crippen LogP contribution in [0.15, 0.2) is 24.3 Å². The number of aromatic nitrogens is 1. The van der Waals surface area contributed by atoms with Crippen molar-refractivity contribution in [3.63, 3.8) is 0 Å². The predicted octanol–water partition coefficient (Wildman–Crippen LogP) is 1.74. The van der Waals surface area contributed by atoms with E-state index >= 15 is 0 Å². The van der Waals surface area contributed by atoms with Crippen molar-refractivity contribution < 1.29 is 13.9 Å². The van der Waals surface area contributed by atoms with Crippen molar-refractivity contribution in [1.29, 1.82) is 0 Å². The van der Waals surface area contributed by atoms with Crippen LogP contribution >= 0.6 is 0 Å². The SMILES string of the molecule is CCOC(=O)C(N)Cc1cc2cc(F)ccc2[nH]1. The van der Waals surface area contributed by atoms with Crippen LogP contribution in [0.3, 0.4) is 0 Å². The van der Waals surface area contributed by atoms with E-state index in [0.717, 1.165) is 16.6 Å². The number of hydrogen-bond acceptors (Lipinski definition) is 3. The zero-order valence-electron chi connectivity index (χ0n) is 10.1. The summed E-state index contributed by atoms with van der Waals surface area (Å²) in [5.74, 6) is -0.718. The van der Waals surface area contributed by atoms with E-state index in [4.69, 9.17) is 10.5 Å². The number of carbonyl (C=O) groups excluding carboxylic acids is 1. The lowest BCUT2D eigenvalue weighted by Gasteiger charge is -2.08. The Labute approximate surface area is 104 Å². The summed E-state index contributed by atoms with van der Waals surface area (Å²) in [7, 11) is 0. The minimum absolute atomic E-state index is 0.289. The van der Waals surface area contributed by atoms with Gasteiger partial charge in [0.1, 0.15) is 11.9 Å². The lowest BCUT2D eigenvalue weighted by Crippen LogP contribution is -2.34. The zero-order chi connectivity index (χ0) is 13.1. The summed E-state index contributed by atoms with van der Waals surface area (Å²) in [6.07, 6.45) is 0.342. The number of carbonyl (C=O) groups is 1. The number of fused-ring (bicyclic) bond motifs is 1. The Morgan fingerprint density at radius 3 is 3.00 bits per heavy atom. The summed E-state index contributed by atoms with van der Waals surface area (Å²) in [6, 6.07) is 5.56. The van der Waals surface area contributed by atoms with Gasteiger partial charge in [-0.3, -0.25) is 4.79 Å². The molecule has 4 nitrogen and oxygen atoms in total. The standard InChI is InChI=1S/C13H15FN2O2/c1-2-18-13(17)11(15)7-10-6-8-5-9(14)3-4-12(8)16-10/h3-6,11,16H,2,7,15H2,1H3. The van der Waals surface area contributed by atoms with E-state index in [9.17, 15) is 9.18 Å². The number of hydrogen-bond donors (Lipinski definition) is 2. The molecule has 1 atom stereocenters. The molecule has 1 aromatic heterocycles. The number of aromatic amines is 1. The molecular formula is C13H15FN2O2. The number of nitrogens with two attached hydrogens (primary N) is 1. The van der Waals surface area contributed by atoms with Crippen LogP contribution in [0.5, 0.6) is 0 Å². The maximum absolute atomic E-state index is 13.0. The molecule has 96 valence electrons. The molecule has 0 fully saturated rings. The van der Waals surface area contributed by atoms with Crippen LogP contribution in [0.4, 0.5) is 4.39 Å². The van der Waals surface area contributed by atoms with Crippen LogP contribution in [0.2, 0.25) is 0 Å². The van der Waals surface area contributed by atoms with Gasteiger partial charge in [-0.1, -0.05) is 0 Å². The first kappa shape index (κ1) is 12.6. The minimum Gasteiger partial charge on any atom is -0.465 e. The maximum atomic E-state index is 13.0. The Morgan fingerprint density at radius 1 is 1.50 bits per heavy atom. The van der Waals surface area contributed by atoms with Gasteiger partial charge in [0.05, 0.1) is 6.61 Å². The van der Waals surface area contributed by atoms with Gasteiger partial charge >= 0.3 is 5.97 Å². The number of rotatable bonds is 4. The van der Waals surface area contributed by atoms with Crippen molar-refractivity contribution in [2.45, 2.75) is 19.4 Å². The van der Waals surface area contributed by atoms with Crippen molar-refractivity contribution >= 4 is 16.9 Å². The zero-order valence-corrected chi connectivity index (χ0v) is 10.1. The second-order valence-corrected chi connectivity index (χ2v) is 4.09. The third-order valence-electron chi connectivity index (χ3n) is 2.67. The molecule has 0 spiro atoms. The van der Waals surface area contributed by atoms with Crippen LogP contribution in [-0.4, -0.2) is 23.6 Å². The molecule has 1 aromatic carbocycles. The van der Waals surface area contributed by atoms with Gasteiger partial charge in [0.15, 0.2) is 0 Å². The molecule has 18 heavy (non-hydrogen) atoms. The Kier molecular flexibility index (Phi) is 3.62. The van der Waals surface area contributed by atoms with Gasteiger partial charge in [0, 0.05) is 23.0 Å². The fraction of sp³-hybridized carbons (Fsp3) is 0.308. The van der Waals surface area contributed by atoms with Crippen molar-refractivity contribution in [2.75, 3.05) is 6.61 Å². The number of halogens is 1. The molecule has 0 bridgehead atoms. The number of nitrogens with one attached hydrogen (secondary N) is 1. The van der Waals surface area contributed by atoms with E-state index in [0.29, 0.717) is 13.0 Å². The molecule has 0 aliphatic heterocycles. The highest BCUT2D eigenvalue weighted by Crippen LogP contribution is 2.17. The summed E-state index contributed by atoms with van der Waals surface area (Å²) in [6.45, 7) is 2.04. The topological polar surface area (TPSA) is 68.1 Å². The van der Waals surface area contributed by atoms with Crippen LogP contribution in [0.25, 0.3) is 10.9 Å². The average Bonchev–Trinajstić information content (AvgIpc) is 2.70. The molecule has 0 saturated carbocycles. The minimum atomic E-state index is -0.706. The fourth-order valence-corrected chi connectivity index (χ4v) is 1.84. The number of esters is 1. The first-order chi connectivity index (χ1) is 8.60. The summed E-state index contributed by atoms with van der Waals surface area (Å²) in [5, 5.41) is 0.765. The van der Waals surface area contributed by atoms with Gasteiger partial charge in [-0.05, 0) is 31.2 Å². The van der Waals surface area contributed by atoms with E-state index in [1.807, 2.05) is 0 Å². The summed E-state index contributed by atoms with van der Waals surface area (Å²) in [5.41, 5.74) is 7.33. The molecule has 2 rings (SSSR count). The first-order valence-electron chi connectivity index (χ1n) is 5.79. The molecule has 0 radical (unpaired) electrons. The molecule has 2 aromatic rings. The highest BCUT2D eigenvalue weighted by atomic mass is 19.1. The van der Waals surface area contributed by atoms with Crippen LogP contribution < -0.4 is 5.73 Å². The fourth-order valence-electron chi connectivity index (χ4n) is 1.84. The second kappa shape index (κ2) is 5.18. The number of benzene rings is 1. The Hall–Kier alpha value is -1.88. The Morgan fingerprint density at radius 2 is 2.28 bits per heavy atom. The molecule has 0 aliphatic carbocycles. The third-order valence-corrected chi connectivity index (χ3v) is 2.67. The molecule has 1 heterocycles. The highest BCUT2D eigenvalue weighted by molar-refractivity contribution is 5.81. The Balaban J connectivity index is 2.14. The van der Waals surface area contributed by atoms with E-state index in [2.05, 4.69) is 4.98 Å². The molecule has 0 amide bonds. The number of H-pyrrole nitrogens is 1. The monoisotopic (exact) mass is 250 g/mol. The second-order valence-electron chi connectivity index (χ2n) is 4.09. The van der Waals surface area contributed by atoms with Gasteiger partial charge < -0.3 is 15.5 Å². The van der Waals surface area contributed by atoms with Gasteiger partial charge in [-0.15, -0.1) is 0 Å². The lowest BCUT2D eigenvalue weighted by molar-refractivity contribution is -0.144. The largest absolute Gasteiger partial charge is 0.465 e. The molecule has 0 aliphatic rings. The van der Waals surface area contributed by atoms with Crippen LogP contribution in [0, 0.1) is 5.82 Å². The molecule has 0 saturated heterocycles. The van der Waals surface area contributed by atoms with Crippen molar-refractivity contribution in [3.05, 3.63) is 35.8 Å².